The number of rotatable bonds is 4. The zero-order valence-electron chi connectivity index (χ0n) is 12.2. The first kappa shape index (κ1) is 14.7. The molecule has 2 aromatic heterocycles. The Bertz CT molecular complexity index is 474. The first-order chi connectivity index (χ1) is 8.77. The second-order valence-electron chi connectivity index (χ2n) is 4.23. The molecule has 2 rings (SSSR count). The number of hydrogen-bond acceptors (Lipinski definition) is 2. The Balaban J connectivity index is 0.000000771. The number of pyridine rings is 1. The van der Waals surface area contributed by atoms with E-state index in [1.807, 2.05) is 33.2 Å². The van der Waals surface area contributed by atoms with Gasteiger partial charge in [-0.3, -0.25) is 4.98 Å². The van der Waals surface area contributed by atoms with Crippen LogP contribution in [0.3, 0.4) is 0 Å². The van der Waals surface area contributed by atoms with Crippen molar-refractivity contribution in [3.05, 3.63) is 30.1 Å². The van der Waals surface area contributed by atoms with Gasteiger partial charge in [-0.2, -0.15) is 0 Å². The zero-order chi connectivity index (χ0) is 13.5. The lowest BCUT2D eigenvalue weighted by Crippen LogP contribution is -2.16. The molecule has 3 heteroatoms. The highest BCUT2D eigenvalue weighted by Gasteiger charge is 2.15. The third-order valence-electron chi connectivity index (χ3n) is 3.16. The van der Waals surface area contributed by atoms with E-state index in [9.17, 15) is 0 Å². The van der Waals surface area contributed by atoms with Crippen molar-refractivity contribution in [3.63, 3.8) is 0 Å². The molecule has 0 fully saturated rings. The number of aromatic nitrogens is 2. The minimum Gasteiger partial charge on any atom is -0.349 e. The van der Waals surface area contributed by atoms with E-state index >= 15 is 0 Å². The quantitative estimate of drug-likeness (QED) is 0.898. The molecule has 0 spiro atoms. The van der Waals surface area contributed by atoms with E-state index in [1.165, 1.54) is 11.1 Å². The Morgan fingerprint density at radius 1 is 1.39 bits per heavy atom. The number of fused-ring (bicyclic) bond motifs is 1. The van der Waals surface area contributed by atoms with Gasteiger partial charge in [-0.1, -0.05) is 20.8 Å². The molecule has 0 saturated heterocycles. The maximum absolute atomic E-state index is 4.50. The van der Waals surface area contributed by atoms with E-state index in [0.29, 0.717) is 5.92 Å². The van der Waals surface area contributed by atoms with Crippen molar-refractivity contribution >= 4 is 11.0 Å². The molecule has 1 N–H and O–H groups in total. The predicted molar refractivity (Wildman–Crippen MR) is 79.0 cm³/mol. The summed E-state index contributed by atoms with van der Waals surface area (Å²) in [6.07, 6.45) is 5.22. The second kappa shape index (κ2) is 7.17. The summed E-state index contributed by atoms with van der Waals surface area (Å²) in [7, 11) is 4.08. The molecule has 1 unspecified atom stereocenters. The average Bonchev–Trinajstić information content (AvgIpc) is 2.76. The van der Waals surface area contributed by atoms with Crippen LogP contribution in [-0.2, 0) is 7.05 Å². The number of hydrogen-bond donors (Lipinski definition) is 1. The van der Waals surface area contributed by atoms with Gasteiger partial charge in [0, 0.05) is 31.5 Å². The Morgan fingerprint density at radius 2 is 2.11 bits per heavy atom. The topological polar surface area (TPSA) is 29.9 Å². The molecule has 100 valence electrons. The number of nitrogens with zero attached hydrogens (tertiary/aromatic N) is 2. The molecule has 0 aliphatic carbocycles. The lowest BCUT2D eigenvalue weighted by Gasteiger charge is -2.12. The largest absolute Gasteiger partial charge is 0.349 e. The fourth-order valence-electron chi connectivity index (χ4n) is 2.26. The Morgan fingerprint density at radius 3 is 2.72 bits per heavy atom. The van der Waals surface area contributed by atoms with Crippen LogP contribution in [0.5, 0.6) is 0 Å². The summed E-state index contributed by atoms with van der Waals surface area (Å²) in [5.74, 6) is 0.545. The third-order valence-corrected chi connectivity index (χ3v) is 3.16. The van der Waals surface area contributed by atoms with E-state index in [0.717, 1.165) is 18.5 Å². The highest BCUT2D eigenvalue weighted by atomic mass is 14.9. The maximum Gasteiger partial charge on any atom is 0.0916 e. The van der Waals surface area contributed by atoms with Crippen LogP contribution in [-0.4, -0.2) is 23.1 Å². The summed E-state index contributed by atoms with van der Waals surface area (Å²) in [6, 6.07) is 4.11. The van der Waals surface area contributed by atoms with Crippen molar-refractivity contribution in [1.82, 2.24) is 14.9 Å². The van der Waals surface area contributed by atoms with Gasteiger partial charge < -0.3 is 9.88 Å². The minimum absolute atomic E-state index is 0.545. The average molecular weight is 247 g/mol. The molecule has 0 aliphatic rings. The molecule has 0 radical (unpaired) electrons. The van der Waals surface area contributed by atoms with Crippen molar-refractivity contribution in [2.24, 2.45) is 7.05 Å². The van der Waals surface area contributed by atoms with Gasteiger partial charge in [0.25, 0.3) is 0 Å². The van der Waals surface area contributed by atoms with E-state index in [4.69, 9.17) is 0 Å². The van der Waals surface area contributed by atoms with Crippen LogP contribution in [0.1, 0.15) is 38.7 Å². The van der Waals surface area contributed by atoms with Crippen LogP contribution < -0.4 is 5.32 Å². The normalized spacial score (nSPS) is 12.1. The molecule has 3 nitrogen and oxygen atoms in total. The Labute approximate surface area is 110 Å². The summed E-state index contributed by atoms with van der Waals surface area (Å²) >= 11 is 0. The molecule has 18 heavy (non-hydrogen) atoms. The molecule has 0 saturated carbocycles. The van der Waals surface area contributed by atoms with Crippen LogP contribution >= 0.6 is 0 Å². The van der Waals surface area contributed by atoms with Crippen LogP contribution in [0, 0.1) is 0 Å². The van der Waals surface area contributed by atoms with Gasteiger partial charge in [-0.15, -0.1) is 0 Å². The zero-order valence-corrected chi connectivity index (χ0v) is 12.2. The van der Waals surface area contributed by atoms with Crippen molar-refractivity contribution in [3.8, 4) is 0 Å². The van der Waals surface area contributed by atoms with Gasteiger partial charge in [0.1, 0.15) is 0 Å². The van der Waals surface area contributed by atoms with E-state index < -0.39 is 0 Å². The Hall–Kier alpha value is -1.35. The van der Waals surface area contributed by atoms with Gasteiger partial charge in [0.15, 0.2) is 0 Å². The molecule has 1 atom stereocenters. The summed E-state index contributed by atoms with van der Waals surface area (Å²) in [6.45, 7) is 7.23. The van der Waals surface area contributed by atoms with Crippen molar-refractivity contribution in [2.75, 3.05) is 13.6 Å². The highest BCUT2D eigenvalue weighted by molar-refractivity contribution is 5.80. The Kier molecular flexibility index (Phi) is 5.86. The molecule has 2 heterocycles. The van der Waals surface area contributed by atoms with Crippen LogP contribution in [0.2, 0.25) is 0 Å². The fourth-order valence-corrected chi connectivity index (χ4v) is 2.26. The lowest BCUT2D eigenvalue weighted by molar-refractivity contribution is 0.613. The second-order valence-corrected chi connectivity index (χ2v) is 4.23. The first-order valence-corrected chi connectivity index (χ1v) is 6.82. The molecular formula is C15H25N3. The van der Waals surface area contributed by atoms with Crippen molar-refractivity contribution < 1.29 is 0 Å². The van der Waals surface area contributed by atoms with Gasteiger partial charge in [0.2, 0.25) is 0 Å². The van der Waals surface area contributed by atoms with Crippen LogP contribution in [0.15, 0.2) is 24.5 Å². The molecule has 0 aromatic carbocycles. The number of aryl methyl sites for hydroxylation is 1. The van der Waals surface area contributed by atoms with Crippen LogP contribution in [0.4, 0.5) is 0 Å². The monoisotopic (exact) mass is 247 g/mol. The summed E-state index contributed by atoms with van der Waals surface area (Å²) in [5.41, 5.74) is 3.72. The number of nitrogens with one attached hydrogen (secondary N) is 1. The van der Waals surface area contributed by atoms with Gasteiger partial charge >= 0.3 is 0 Å². The molecule has 0 bridgehead atoms. The van der Waals surface area contributed by atoms with Gasteiger partial charge in [-0.05, 0) is 31.5 Å². The SMILES string of the molecule is CC.CCC(CNC)c1cn(C)c2cccnc12. The minimum atomic E-state index is 0.545. The van der Waals surface area contributed by atoms with Crippen molar-refractivity contribution in [2.45, 2.75) is 33.1 Å². The predicted octanol–water partition coefficient (Wildman–Crippen LogP) is 3.31. The summed E-state index contributed by atoms with van der Waals surface area (Å²) < 4.78 is 2.16. The smallest absolute Gasteiger partial charge is 0.0916 e. The molecule has 0 aliphatic heterocycles. The molecule has 0 amide bonds. The first-order valence-electron chi connectivity index (χ1n) is 6.82. The maximum atomic E-state index is 4.50. The van der Waals surface area contributed by atoms with Gasteiger partial charge in [0.05, 0.1) is 11.0 Å². The summed E-state index contributed by atoms with van der Waals surface area (Å²) in [4.78, 5) is 4.50. The standard InChI is InChI=1S/C13H19N3.C2H6/c1-4-10(8-14-2)11-9-16(3)12-6-5-7-15-13(11)12;1-2/h5-7,9-10,14H,4,8H2,1-3H3;1-2H3. The lowest BCUT2D eigenvalue weighted by atomic mass is 9.98. The highest BCUT2D eigenvalue weighted by Crippen LogP contribution is 2.27. The third kappa shape index (κ3) is 2.91. The van der Waals surface area contributed by atoms with E-state index in [2.05, 4.69) is 41.1 Å². The molecular weight excluding hydrogens is 222 g/mol. The van der Waals surface area contributed by atoms with Crippen LogP contribution in [0.25, 0.3) is 11.0 Å². The van der Waals surface area contributed by atoms with Crippen molar-refractivity contribution in [1.29, 1.82) is 0 Å². The fraction of sp³-hybridized carbons (Fsp3) is 0.533. The van der Waals surface area contributed by atoms with Gasteiger partial charge in [-0.25, -0.2) is 0 Å². The molecule has 2 aromatic rings. The van der Waals surface area contributed by atoms with E-state index in [-0.39, 0.29) is 0 Å². The van der Waals surface area contributed by atoms with E-state index in [1.54, 1.807) is 0 Å². The summed E-state index contributed by atoms with van der Waals surface area (Å²) in [5, 5.41) is 3.25. The number of likely N-dealkylation sites (N-methyl/N-ethyl adjacent to an activating group) is 1.